The second kappa shape index (κ2) is 74.2. The second-order valence-corrected chi connectivity index (χ2v) is 28.5. The van der Waals surface area contributed by atoms with Crippen LogP contribution >= 0.6 is 15.6 Å². The van der Waals surface area contributed by atoms with E-state index < -0.39 is 97.5 Å². The normalized spacial score (nSPS) is 14.7. The second-order valence-electron chi connectivity index (χ2n) is 25.6. The molecular formula is C83H138O17P2. The topological polar surface area (TPSA) is 237 Å². The number of carbonyl (C=O) groups excluding carboxylic acids is 4. The number of carbonyl (C=O) groups is 4. The van der Waals surface area contributed by atoms with Crippen LogP contribution < -0.4 is 0 Å². The first-order valence-electron chi connectivity index (χ1n) is 39.1. The van der Waals surface area contributed by atoms with E-state index in [9.17, 15) is 43.2 Å². The van der Waals surface area contributed by atoms with Crippen LogP contribution in [0.25, 0.3) is 0 Å². The van der Waals surface area contributed by atoms with Crippen molar-refractivity contribution in [2.24, 2.45) is 0 Å². The first-order valence-corrected chi connectivity index (χ1v) is 42.1. The van der Waals surface area contributed by atoms with Gasteiger partial charge < -0.3 is 33.8 Å². The molecule has 0 aromatic rings. The van der Waals surface area contributed by atoms with Crippen LogP contribution in [0.4, 0.5) is 0 Å². The lowest BCUT2D eigenvalue weighted by Crippen LogP contribution is -2.30. The lowest BCUT2D eigenvalue weighted by molar-refractivity contribution is -0.161. The zero-order valence-electron chi connectivity index (χ0n) is 63.5. The number of unbranched alkanes of at least 4 members (excludes halogenated alkanes) is 23. The summed E-state index contributed by atoms with van der Waals surface area (Å²) in [6, 6.07) is 0. The molecule has 0 aliphatic carbocycles. The molecule has 0 rings (SSSR count). The third-order valence-corrected chi connectivity index (χ3v) is 17.7. The highest BCUT2D eigenvalue weighted by Crippen LogP contribution is 2.45. The van der Waals surface area contributed by atoms with Crippen molar-refractivity contribution < 1.29 is 80.2 Å². The van der Waals surface area contributed by atoms with Crippen molar-refractivity contribution in [2.75, 3.05) is 39.6 Å². The highest BCUT2D eigenvalue weighted by Gasteiger charge is 2.30. The standard InChI is InChI=1S/C83H138O17P2/c1-5-9-13-17-21-25-29-33-36-37-38-39-42-45-48-52-56-60-64-68-81(86)94-74-79(100-83(88)70-66-62-58-54-50-46-41-35-31-27-23-19-15-11-7-3)76-98-102(91,92)96-72-77(84)71-95-101(89,90)97-75-78(99-82(87)69-65-61-57-53-49-43-32-28-24-20-16-12-8-4)73-93-80(85)67-63-59-55-51-47-44-40-34-30-26-22-18-14-10-6-2/h9,11,13,15-16,20-21,23,25,27-28,32-33,35-36,38-39,41,45,48,50,54,62,66,77-79,84H,5-8,10,12,14,17-19,22,24,26,29-31,34,37,40,42-44,46-47,49,51-53,55-61,63-65,67-76H2,1-4H3,(H,89,90)(H,91,92)/b13-9-,15-11-,20-16-,25-21-,27-23-,32-28-,36-33-,39-38-,41-35-,48-45-,54-50-,66-62-. The minimum Gasteiger partial charge on any atom is -0.462 e. The monoisotopic (exact) mass is 1470 g/mol. The molecule has 0 aliphatic rings. The molecule has 0 radical (unpaired) electrons. The van der Waals surface area contributed by atoms with Crippen LogP contribution in [0, 0.1) is 0 Å². The van der Waals surface area contributed by atoms with E-state index in [0.29, 0.717) is 25.7 Å². The Morgan fingerprint density at radius 3 is 0.922 bits per heavy atom. The van der Waals surface area contributed by atoms with Crippen LogP contribution in [0.5, 0.6) is 0 Å². The van der Waals surface area contributed by atoms with Gasteiger partial charge in [0.2, 0.25) is 0 Å². The fourth-order valence-corrected chi connectivity index (χ4v) is 11.5. The quantitative estimate of drug-likeness (QED) is 0.0169. The summed E-state index contributed by atoms with van der Waals surface area (Å²) >= 11 is 0. The molecule has 0 amide bonds. The number of hydrogen-bond acceptors (Lipinski definition) is 15. The summed E-state index contributed by atoms with van der Waals surface area (Å²) in [4.78, 5) is 72.9. The van der Waals surface area contributed by atoms with Gasteiger partial charge in [-0.1, -0.05) is 296 Å². The summed E-state index contributed by atoms with van der Waals surface area (Å²) in [7, 11) is -10.0. The van der Waals surface area contributed by atoms with E-state index in [1.807, 2.05) is 12.2 Å². The number of phosphoric ester groups is 2. The van der Waals surface area contributed by atoms with Crippen LogP contribution in [-0.2, 0) is 65.4 Å². The molecule has 17 nitrogen and oxygen atoms in total. The van der Waals surface area contributed by atoms with Gasteiger partial charge in [-0.05, 0) is 122 Å². The minimum absolute atomic E-state index is 0.0743. The zero-order chi connectivity index (χ0) is 74.6. The molecular weight excluding hydrogens is 1330 g/mol. The largest absolute Gasteiger partial charge is 0.472 e. The van der Waals surface area contributed by atoms with Gasteiger partial charge in [0.1, 0.15) is 19.3 Å². The Kier molecular flexibility index (Phi) is 70.5. The molecule has 0 fully saturated rings. The van der Waals surface area contributed by atoms with Crippen LogP contribution in [0.3, 0.4) is 0 Å². The summed E-state index contributed by atoms with van der Waals surface area (Å²) in [6.07, 6.45) is 84.4. The van der Waals surface area contributed by atoms with E-state index in [0.717, 1.165) is 148 Å². The van der Waals surface area contributed by atoms with Crippen LogP contribution in [0.1, 0.15) is 297 Å². The molecule has 0 bridgehead atoms. The minimum atomic E-state index is -5.01. The number of aliphatic hydroxyl groups is 1. The van der Waals surface area contributed by atoms with Crippen molar-refractivity contribution in [3.8, 4) is 0 Å². The van der Waals surface area contributed by atoms with Crippen molar-refractivity contribution in [3.63, 3.8) is 0 Å². The predicted octanol–water partition coefficient (Wildman–Crippen LogP) is 22.7. The van der Waals surface area contributed by atoms with Gasteiger partial charge in [0, 0.05) is 19.3 Å². The molecule has 0 aromatic heterocycles. The molecule has 5 atom stereocenters. The Morgan fingerprint density at radius 2 is 0.569 bits per heavy atom. The number of aliphatic hydroxyl groups excluding tert-OH is 1. The van der Waals surface area contributed by atoms with Gasteiger partial charge >= 0.3 is 39.5 Å². The van der Waals surface area contributed by atoms with E-state index in [2.05, 4.69) is 149 Å². The van der Waals surface area contributed by atoms with Gasteiger partial charge in [0.05, 0.1) is 32.8 Å². The fraction of sp³-hybridized carbons (Fsp3) is 0.663. The van der Waals surface area contributed by atoms with Gasteiger partial charge in [-0.15, -0.1) is 0 Å². The van der Waals surface area contributed by atoms with Crippen molar-refractivity contribution in [2.45, 2.75) is 316 Å². The number of hydrogen-bond donors (Lipinski definition) is 3. The van der Waals surface area contributed by atoms with E-state index >= 15 is 0 Å². The van der Waals surface area contributed by atoms with Gasteiger partial charge in [-0.25, -0.2) is 9.13 Å². The molecule has 0 aliphatic heterocycles. The third kappa shape index (κ3) is 73.3. The summed E-state index contributed by atoms with van der Waals surface area (Å²) in [6.45, 7) is 4.41. The van der Waals surface area contributed by atoms with Crippen molar-refractivity contribution in [3.05, 3.63) is 146 Å². The summed E-state index contributed by atoms with van der Waals surface area (Å²) in [5, 5.41) is 10.6. The number of rotatable bonds is 72. The van der Waals surface area contributed by atoms with E-state index in [1.165, 1.54) is 70.6 Å². The number of allylic oxidation sites excluding steroid dienone is 23. The maximum absolute atomic E-state index is 13.1. The number of esters is 4. The van der Waals surface area contributed by atoms with Crippen LogP contribution in [-0.4, -0.2) is 96.7 Å². The molecule has 0 saturated carbocycles. The summed E-state index contributed by atoms with van der Waals surface area (Å²) < 4.78 is 68.4. The average molecular weight is 1470 g/mol. The molecule has 0 heterocycles. The number of phosphoric acid groups is 2. The van der Waals surface area contributed by atoms with Gasteiger partial charge in [-0.3, -0.25) is 37.3 Å². The predicted molar refractivity (Wildman–Crippen MR) is 417 cm³/mol. The van der Waals surface area contributed by atoms with E-state index in [-0.39, 0.29) is 25.7 Å². The molecule has 3 N–H and O–H groups in total. The van der Waals surface area contributed by atoms with E-state index in [4.69, 9.17) is 37.0 Å². The Labute approximate surface area is 617 Å². The highest BCUT2D eigenvalue weighted by molar-refractivity contribution is 7.47. The Balaban J connectivity index is 5.45. The zero-order valence-corrected chi connectivity index (χ0v) is 65.3. The SMILES string of the molecule is CC/C=C\C/C=C\C/C=C\C/C=C\C/C=C\CCCCCC(=O)OCC(COP(=O)(O)OCC(O)COP(=O)(O)OCC(COC(=O)CCCCCCCCCCCCCCCCC)OC(=O)CCCCCCC/C=C\C/C=C\CCC)OC(=O)C/C=C\C/C=C\C/C=C\C/C=C\C/C=C\CC. The molecule has 5 unspecified atom stereocenters. The third-order valence-electron chi connectivity index (χ3n) is 15.8. The maximum atomic E-state index is 13.1. The average Bonchev–Trinajstić information content (AvgIpc) is 0.924. The molecule has 19 heteroatoms. The van der Waals surface area contributed by atoms with Crippen LogP contribution in [0.2, 0.25) is 0 Å². The molecule has 0 aromatic carbocycles. The Hall–Kier alpha value is -5.06. The van der Waals surface area contributed by atoms with Crippen molar-refractivity contribution >= 4 is 39.5 Å². The van der Waals surface area contributed by atoms with Crippen molar-refractivity contribution in [1.82, 2.24) is 0 Å². The summed E-state index contributed by atoms with van der Waals surface area (Å²) in [5.74, 6) is -2.38. The van der Waals surface area contributed by atoms with Crippen molar-refractivity contribution in [1.29, 1.82) is 0 Å². The highest BCUT2D eigenvalue weighted by atomic mass is 31.2. The van der Waals surface area contributed by atoms with Gasteiger partial charge in [0.15, 0.2) is 12.2 Å². The molecule has 102 heavy (non-hydrogen) atoms. The maximum Gasteiger partial charge on any atom is 0.472 e. The van der Waals surface area contributed by atoms with E-state index in [1.54, 1.807) is 12.2 Å². The first-order chi connectivity index (χ1) is 49.7. The molecule has 0 spiro atoms. The number of ether oxygens (including phenoxy) is 4. The first kappa shape index (κ1) is 96.9. The smallest absolute Gasteiger partial charge is 0.462 e. The molecule has 0 saturated heterocycles. The molecule has 582 valence electrons. The van der Waals surface area contributed by atoms with Gasteiger partial charge in [-0.2, -0.15) is 0 Å². The summed E-state index contributed by atoms with van der Waals surface area (Å²) in [5.41, 5.74) is 0. The Morgan fingerprint density at radius 1 is 0.294 bits per heavy atom. The van der Waals surface area contributed by atoms with Gasteiger partial charge in [0.25, 0.3) is 0 Å². The fourth-order valence-electron chi connectivity index (χ4n) is 9.95. The Bertz CT molecular complexity index is 2510. The van der Waals surface area contributed by atoms with Crippen LogP contribution in [0.15, 0.2) is 146 Å². The lowest BCUT2D eigenvalue weighted by Gasteiger charge is -2.21. The lowest BCUT2D eigenvalue weighted by atomic mass is 10.0.